The summed E-state index contributed by atoms with van der Waals surface area (Å²) in [5, 5.41) is 1.79. The second kappa shape index (κ2) is 8.33. The molecule has 0 saturated heterocycles. The predicted molar refractivity (Wildman–Crippen MR) is 85.2 cm³/mol. The SMILES string of the molecule is NC(=O)NC(=O)COC(=O)c1ccc(OCc2ccccc2)cc1. The number of ether oxygens (including phenoxy) is 2. The maximum Gasteiger partial charge on any atom is 0.338 e. The highest BCUT2D eigenvalue weighted by Crippen LogP contribution is 2.14. The number of nitrogens with one attached hydrogen (secondary N) is 1. The third kappa shape index (κ3) is 5.45. The Hall–Kier alpha value is -3.35. The number of nitrogens with two attached hydrogens (primary N) is 1. The van der Waals surface area contributed by atoms with Crippen molar-refractivity contribution in [2.45, 2.75) is 6.61 Å². The largest absolute Gasteiger partial charge is 0.489 e. The standard InChI is InChI=1S/C17H16N2O5/c18-17(22)19-15(20)11-24-16(21)13-6-8-14(9-7-13)23-10-12-4-2-1-3-5-12/h1-9H,10-11H2,(H3,18,19,20,22). The van der Waals surface area contributed by atoms with Crippen LogP contribution in [0, 0.1) is 0 Å². The summed E-state index contributed by atoms with van der Waals surface area (Å²) in [6, 6.07) is 15.0. The molecule has 3 N–H and O–H groups in total. The first-order valence-corrected chi connectivity index (χ1v) is 7.08. The molecule has 2 aromatic rings. The van der Waals surface area contributed by atoms with Gasteiger partial charge in [0.2, 0.25) is 0 Å². The number of carbonyl (C=O) groups excluding carboxylic acids is 3. The number of carbonyl (C=O) groups is 3. The average molecular weight is 328 g/mol. The third-order valence-electron chi connectivity index (χ3n) is 2.94. The van der Waals surface area contributed by atoms with Crippen LogP contribution in [0.2, 0.25) is 0 Å². The molecule has 0 spiro atoms. The summed E-state index contributed by atoms with van der Waals surface area (Å²) in [6.07, 6.45) is 0. The van der Waals surface area contributed by atoms with Gasteiger partial charge in [-0.05, 0) is 29.8 Å². The molecule has 0 heterocycles. The topological polar surface area (TPSA) is 108 Å². The Bertz CT molecular complexity index is 714. The first kappa shape index (κ1) is 17.0. The minimum Gasteiger partial charge on any atom is -0.489 e. The van der Waals surface area contributed by atoms with Crippen molar-refractivity contribution >= 4 is 17.9 Å². The smallest absolute Gasteiger partial charge is 0.338 e. The molecule has 2 rings (SSSR count). The molecule has 0 unspecified atom stereocenters. The van der Waals surface area contributed by atoms with Crippen molar-refractivity contribution in [3.05, 3.63) is 65.7 Å². The first-order chi connectivity index (χ1) is 11.5. The number of primary amides is 1. The van der Waals surface area contributed by atoms with Gasteiger partial charge in [0.05, 0.1) is 5.56 Å². The van der Waals surface area contributed by atoms with Crippen molar-refractivity contribution in [2.24, 2.45) is 5.73 Å². The molecule has 0 aromatic heterocycles. The van der Waals surface area contributed by atoms with Crippen molar-refractivity contribution in [3.63, 3.8) is 0 Å². The Morgan fingerprint density at radius 2 is 1.62 bits per heavy atom. The number of urea groups is 1. The van der Waals surface area contributed by atoms with Crippen molar-refractivity contribution in [3.8, 4) is 5.75 Å². The van der Waals surface area contributed by atoms with Gasteiger partial charge in [0.15, 0.2) is 6.61 Å². The molecule has 7 nitrogen and oxygen atoms in total. The fourth-order valence-corrected chi connectivity index (χ4v) is 1.82. The molecule has 7 heteroatoms. The molecule has 0 aliphatic heterocycles. The molecule has 0 bridgehead atoms. The van der Waals surface area contributed by atoms with Crippen LogP contribution in [-0.4, -0.2) is 24.5 Å². The number of rotatable bonds is 6. The van der Waals surface area contributed by atoms with Gasteiger partial charge >= 0.3 is 12.0 Å². The molecule has 0 radical (unpaired) electrons. The summed E-state index contributed by atoms with van der Waals surface area (Å²) in [5.41, 5.74) is 6.06. The number of benzene rings is 2. The van der Waals surface area contributed by atoms with Gasteiger partial charge in [0.1, 0.15) is 12.4 Å². The summed E-state index contributed by atoms with van der Waals surface area (Å²) in [7, 11) is 0. The summed E-state index contributed by atoms with van der Waals surface area (Å²) in [4.78, 5) is 33.4. The van der Waals surface area contributed by atoms with Gasteiger partial charge in [-0.2, -0.15) is 0 Å². The van der Waals surface area contributed by atoms with Gasteiger partial charge in [-0.3, -0.25) is 10.1 Å². The lowest BCUT2D eigenvalue weighted by Gasteiger charge is -2.07. The van der Waals surface area contributed by atoms with Gasteiger partial charge in [-0.15, -0.1) is 0 Å². The Labute approximate surface area is 138 Å². The Balaban J connectivity index is 1.83. The zero-order valence-electron chi connectivity index (χ0n) is 12.7. The molecule has 2 aromatic carbocycles. The number of esters is 1. The zero-order valence-corrected chi connectivity index (χ0v) is 12.7. The molecule has 0 atom stereocenters. The normalized spacial score (nSPS) is 9.83. The van der Waals surface area contributed by atoms with E-state index < -0.39 is 24.5 Å². The van der Waals surface area contributed by atoms with E-state index >= 15 is 0 Å². The lowest BCUT2D eigenvalue weighted by atomic mass is 10.2. The average Bonchev–Trinajstić information content (AvgIpc) is 2.58. The molecule has 0 aliphatic carbocycles. The second-order valence-corrected chi connectivity index (χ2v) is 4.79. The number of amides is 3. The highest BCUT2D eigenvalue weighted by molar-refractivity contribution is 5.96. The van der Waals surface area contributed by atoms with Crippen LogP contribution in [-0.2, 0) is 16.1 Å². The molecule has 124 valence electrons. The fourth-order valence-electron chi connectivity index (χ4n) is 1.82. The van der Waals surface area contributed by atoms with Crippen molar-refractivity contribution in [2.75, 3.05) is 6.61 Å². The first-order valence-electron chi connectivity index (χ1n) is 7.08. The van der Waals surface area contributed by atoms with Crippen LogP contribution in [0.1, 0.15) is 15.9 Å². The van der Waals surface area contributed by atoms with E-state index in [1.807, 2.05) is 30.3 Å². The van der Waals surface area contributed by atoms with Gasteiger partial charge < -0.3 is 15.2 Å². The number of hydrogen-bond donors (Lipinski definition) is 2. The third-order valence-corrected chi connectivity index (χ3v) is 2.94. The molecular formula is C17H16N2O5. The minimum atomic E-state index is -1.00. The summed E-state index contributed by atoms with van der Waals surface area (Å²) in [6.45, 7) is -0.175. The van der Waals surface area contributed by atoms with Crippen LogP contribution in [0.25, 0.3) is 0 Å². The van der Waals surface area contributed by atoms with Gasteiger partial charge in [0.25, 0.3) is 5.91 Å². The zero-order chi connectivity index (χ0) is 17.4. The van der Waals surface area contributed by atoms with Gasteiger partial charge in [0, 0.05) is 0 Å². The van der Waals surface area contributed by atoms with Crippen LogP contribution in [0.5, 0.6) is 5.75 Å². The number of imide groups is 1. The van der Waals surface area contributed by atoms with Crippen LogP contribution in [0.3, 0.4) is 0 Å². The lowest BCUT2D eigenvalue weighted by Crippen LogP contribution is -2.37. The van der Waals surface area contributed by atoms with Gasteiger partial charge in [-0.25, -0.2) is 9.59 Å². The van der Waals surface area contributed by atoms with Crippen LogP contribution in [0.4, 0.5) is 4.79 Å². The number of hydrogen-bond acceptors (Lipinski definition) is 5. The fraction of sp³-hybridized carbons (Fsp3) is 0.118. The molecule has 0 fully saturated rings. The van der Waals surface area contributed by atoms with E-state index in [0.29, 0.717) is 12.4 Å². The van der Waals surface area contributed by atoms with E-state index in [1.165, 1.54) is 12.1 Å². The Morgan fingerprint density at radius 3 is 2.25 bits per heavy atom. The van der Waals surface area contributed by atoms with E-state index in [0.717, 1.165) is 5.56 Å². The maximum absolute atomic E-state index is 11.8. The van der Waals surface area contributed by atoms with Crippen LogP contribution in [0.15, 0.2) is 54.6 Å². The quantitative estimate of drug-likeness (QED) is 0.783. The maximum atomic E-state index is 11.8. The highest BCUT2D eigenvalue weighted by atomic mass is 16.5. The molecule has 24 heavy (non-hydrogen) atoms. The highest BCUT2D eigenvalue weighted by Gasteiger charge is 2.11. The van der Waals surface area contributed by atoms with Crippen molar-refractivity contribution in [1.82, 2.24) is 5.32 Å². The van der Waals surface area contributed by atoms with Crippen molar-refractivity contribution < 1.29 is 23.9 Å². The molecule has 0 saturated carbocycles. The van der Waals surface area contributed by atoms with Gasteiger partial charge in [-0.1, -0.05) is 30.3 Å². The van der Waals surface area contributed by atoms with E-state index in [4.69, 9.17) is 15.2 Å². The molecule has 3 amide bonds. The van der Waals surface area contributed by atoms with Crippen LogP contribution >= 0.6 is 0 Å². The second-order valence-electron chi connectivity index (χ2n) is 4.79. The minimum absolute atomic E-state index is 0.258. The molecular weight excluding hydrogens is 312 g/mol. The van der Waals surface area contributed by atoms with E-state index in [-0.39, 0.29) is 5.56 Å². The lowest BCUT2D eigenvalue weighted by molar-refractivity contribution is -0.123. The van der Waals surface area contributed by atoms with Crippen LogP contribution < -0.4 is 15.8 Å². The summed E-state index contributed by atoms with van der Waals surface area (Å²) in [5.74, 6) is -0.884. The van der Waals surface area contributed by atoms with E-state index in [1.54, 1.807) is 17.4 Å². The predicted octanol–water partition coefficient (Wildman–Crippen LogP) is 1.62. The molecule has 0 aliphatic rings. The monoisotopic (exact) mass is 328 g/mol. The summed E-state index contributed by atoms with van der Waals surface area (Å²) < 4.78 is 10.4. The van der Waals surface area contributed by atoms with E-state index in [9.17, 15) is 14.4 Å². The Kier molecular flexibility index (Phi) is 5.90. The summed E-state index contributed by atoms with van der Waals surface area (Å²) >= 11 is 0. The van der Waals surface area contributed by atoms with E-state index in [2.05, 4.69) is 0 Å². The van der Waals surface area contributed by atoms with Crippen molar-refractivity contribution in [1.29, 1.82) is 0 Å². The Morgan fingerprint density at radius 1 is 0.958 bits per heavy atom.